The summed E-state index contributed by atoms with van der Waals surface area (Å²) in [5.41, 5.74) is 3.36. The Morgan fingerprint density at radius 1 is 1.09 bits per heavy atom. The molecule has 186 valence electrons. The zero-order valence-corrected chi connectivity index (χ0v) is 19.9. The highest BCUT2D eigenvalue weighted by molar-refractivity contribution is 5.84. The molecule has 2 aromatic rings. The number of nitrogens with one attached hydrogen (secondary N) is 1. The van der Waals surface area contributed by atoms with Crippen molar-refractivity contribution in [1.29, 1.82) is 0 Å². The third-order valence-electron chi connectivity index (χ3n) is 6.88. The van der Waals surface area contributed by atoms with Crippen LogP contribution in [0.15, 0.2) is 48.5 Å². The summed E-state index contributed by atoms with van der Waals surface area (Å²) in [6, 6.07) is 16.1. The Bertz CT molecular complexity index is 1060. The average Bonchev–Trinajstić information content (AvgIpc) is 3.44. The Kier molecular flexibility index (Phi) is 7.37. The molecule has 2 amide bonds. The monoisotopic (exact) mass is 482 g/mol. The van der Waals surface area contributed by atoms with E-state index in [4.69, 9.17) is 14.2 Å². The molecule has 35 heavy (non-hydrogen) atoms. The molecule has 0 bridgehead atoms. The van der Waals surface area contributed by atoms with E-state index >= 15 is 0 Å². The van der Waals surface area contributed by atoms with Gasteiger partial charge in [-0.15, -0.1) is 0 Å². The third kappa shape index (κ3) is 4.87. The molecule has 9 heteroatoms. The van der Waals surface area contributed by atoms with Crippen LogP contribution in [0, 0.1) is 5.41 Å². The molecule has 1 heterocycles. The van der Waals surface area contributed by atoms with Gasteiger partial charge in [-0.25, -0.2) is 4.79 Å². The molecule has 2 aromatic carbocycles. The summed E-state index contributed by atoms with van der Waals surface area (Å²) in [6.07, 6.45) is -1.32. The first-order chi connectivity index (χ1) is 16.9. The maximum atomic E-state index is 12.9. The van der Waals surface area contributed by atoms with Crippen LogP contribution in [0.4, 0.5) is 4.79 Å². The normalized spacial score (nSPS) is 19.7. The summed E-state index contributed by atoms with van der Waals surface area (Å²) in [4.78, 5) is 38.6. The lowest BCUT2D eigenvalue weighted by Gasteiger charge is -2.26. The zero-order chi connectivity index (χ0) is 25.0. The molecule has 2 aliphatic rings. The van der Waals surface area contributed by atoms with E-state index in [1.807, 2.05) is 36.4 Å². The highest BCUT2D eigenvalue weighted by atomic mass is 16.5. The number of methoxy groups -OCH3 is 2. The van der Waals surface area contributed by atoms with Crippen LogP contribution in [-0.2, 0) is 23.8 Å². The molecule has 2 N–H and O–H groups in total. The van der Waals surface area contributed by atoms with E-state index in [1.165, 1.54) is 19.1 Å². The number of rotatable bonds is 9. The fraction of sp³-hybridized carbons (Fsp3) is 0.423. The van der Waals surface area contributed by atoms with Crippen LogP contribution in [-0.4, -0.2) is 81.1 Å². The van der Waals surface area contributed by atoms with Gasteiger partial charge in [0.2, 0.25) is 0 Å². The Morgan fingerprint density at radius 2 is 1.71 bits per heavy atom. The van der Waals surface area contributed by atoms with Crippen molar-refractivity contribution in [3.63, 3.8) is 0 Å². The number of carbonyl (C=O) groups is 3. The van der Waals surface area contributed by atoms with E-state index in [-0.39, 0.29) is 51.1 Å². The van der Waals surface area contributed by atoms with Crippen LogP contribution in [0.25, 0.3) is 11.1 Å². The number of hydrogen-bond donors (Lipinski definition) is 2. The fourth-order valence-corrected chi connectivity index (χ4v) is 4.99. The second-order valence-electron chi connectivity index (χ2n) is 8.96. The number of aliphatic carboxylic acids is 1. The number of amides is 2. The second kappa shape index (κ2) is 10.5. The van der Waals surface area contributed by atoms with Crippen LogP contribution in [0.5, 0.6) is 0 Å². The highest BCUT2D eigenvalue weighted by Crippen LogP contribution is 2.44. The number of hydrogen-bond acceptors (Lipinski definition) is 6. The van der Waals surface area contributed by atoms with Gasteiger partial charge in [-0.3, -0.25) is 9.59 Å². The summed E-state index contributed by atoms with van der Waals surface area (Å²) < 4.78 is 15.9. The zero-order valence-electron chi connectivity index (χ0n) is 19.9. The fourth-order valence-electron chi connectivity index (χ4n) is 4.99. The Hall–Kier alpha value is -3.43. The van der Waals surface area contributed by atoms with Crippen molar-refractivity contribution in [2.45, 2.75) is 18.4 Å². The van der Waals surface area contributed by atoms with Gasteiger partial charge in [-0.1, -0.05) is 48.5 Å². The molecule has 9 nitrogen and oxygen atoms in total. The smallest absolute Gasteiger partial charge is 0.407 e. The molecule has 2 atom stereocenters. The molecule has 1 saturated heterocycles. The summed E-state index contributed by atoms with van der Waals surface area (Å²) in [5.74, 6) is -1.45. The number of nitrogens with zero attached hydrogens (tertiary/aromatic N) is 1. The Balaban J connectivity index is 1.32. The van der Waals surface area contributed by atoms with Gasteiger partial charge in [0.1, 0.15) is 12.0 Å². The van der Waals surface area contributed by atoms with Crippen LogP contribution < -0.4 is 5.32 Å². The maximum Gasteiger partial charge on any atom is 0.407 e. The van der Waals surface area contributed by atoms with Crippen LogP contribution in [0.2, 0.25) is 0 Å². The van der Waals surface area contributed by atoms with Gasteiger partial charge in [-0.2, -0.15) is 0 Å². The molecule has 2 unspecified atom stereocenters. The Morgan fingerprint density at radius 3 is 2.29 bits per heavy atom. The number of carboxylic acids is 1. The summed E-state index contributed by atoms with van der Waals surface area (Å²) in [7, 11) is 2.81. The molecule has 1 aliphatic heterocycles. The van der Waals surface area contributed by atoms with E-state index in [9.17, 15) is 19.5 Å². The van der Waals surface area contributed by atoms with E-state index in [0.717, 1.165) is 22.3 Å². The predicted octanol–water partition coefficient (Wildman–Crippen LogP) is 2.49. The van der Waals surface area contributed by atoms with Crippen molar-refractivity contribution >= 4 is 18.0 Å². The van der Waals surface area contributed by atoms with Crippen molar-refractivity contribution in [2.75, 3.05) is 47.1 Å². The van der Waals surface area contributed by atoms with Crippen molar-refractivity contribution in [1.82, 2.24) is 10.2 Å². The van der Waals surface area contributed by atoms with Gasteiger partial charge in [-0.05, 0) is 28.7 Å². The molecule has 0 aromatic heterocycles. The molecular formula is C26H30N2O7. The minimum atomic E-state index is -1.14. The molecule has 4 rings (SSSR count). The lowest BCUT2D eigenvalue weighted by atomic mass is 9.88. The number of fused-ring (bicyclic) bond motifs is 3. The summed E-state index contributed by atoms with van der Waals surface area (Å²) in [6.45, 7) is 0.392. The first-order valence-corrected chi connectivity index (χ1v) is 11.5. The van der Waals surface area contributed by atoms with Crippen LogP contribution >= 0.6 is 0 Å². The van der Waals surface area contributed by atoms with E-state index in [0.29, 0.717) is 0 Å². The van der Waals surface area contributed by atoms with Crippen molar-refractivity contribution < 1.29 is 33.7 Å². The van der Waals surface area contributed by atoms with Crippen molar-refractivity contribution in [2.24, 2.45) is 5.41 Å². The first-order valence-electron chi connectivity index (χ1n) is 11.5. The number of benzene rings is 2. The predicted molar refractivity (Wildman–Crippen MR) is 127 cm³/mol. The van der Waals surface area contributed by atoms with Crippen LogP contribution in [0.1, 0.15) is 23.5 Å². The van der Waals surface area contributed by atoms with Gasteiger partial charge in [0.05, 0.1) is 13.2 Å². The quantitative estimate of drug-likeness (QED) is 0.564. The average molecular weight is 483 g/mol. The summed E-state index contributed by atoms with van der Waals surface area (Å²) in [5, 5.41) is 12.2. The van der Waals surface area contributed by atoms with Gasteiger partial charge in [0.25, 0.3) is 5.91 Å². The maximum absolute atomic E-state index is 12.9. The standard InChI is InChI=1S/C26H30N2O7/c1-33-16-26(24(30)31)11-12-28(15-26)23(29)22(34-2)13-27-25(32)35-14-21-19-9-5-3-7-17(19)18-8-4-6-10-20(18)21/h3-10,21-22H,11-16H2,1-2H3,(H,27,32)(H,30,31). The number of carbonyl (C=O) groups excluding carboxylic acids is 2. The van der Waals surface area contributed by atoms with E-state index < -0.39 is 23.6 Å². The van der Waals surface area contributed by atoms with Gasteiger partial charge in [0, 0.05) is 33.2 Å². The minimum Gasteiger partial charge on any atom is -0.481 e. The number of likely N-dealkylation sites (tertiary alicyclic amines) is 1. The third-order valence-corrected chi connectivity index (χ3v) is 6.88. The number of carboxylic acid groups (broad SMARTS) is 1. The van der Waals surface area contributed by atoms with Gasteiger partial charge >= 0.3 is 12.1 Å². The molecule has 0 saturated carbocycles. The van der Waals surface area contributed by atoms with Crippen molar-refractivity contribution in [3.8, 4) is 11.1 Å². The largest absolute Gasteiger partial charge is 0.481 e. The lowest BCUT2D eigenvalue weighted by Crippen LogP contribution is -2.47. The Labute approximate surface area is 204 Å². The van der Waals surface area contributed by atoms with Gasteiger partial charge < -0.3 is 29.5 Å². The highest BCUT2D eigenvalue weighted by Gasteiger charge is 2.47. The topological polar surface area (TPSA) is 114 Å². The molecule has 0 spiro atoms. The summed E-state index contributed by atoms with van der Waals surface area (Å²) >= 11 is 0. The second-order valence-corrected chi connectivity index (χ2v) is 8.96. The molecule has 1 aliphatic carbocycles. The van der Waals surface area contributed by atoms with Gasteiger partial charge in [0.15, 0.2) is 6.10 Å². The van der Waals surface area contributed by atoms with E-state index in [1.54, 1.807) is 0 Å². The minimum absolute atomic E-state index is 0.0156. The first kappa shape index (κ1) is 24.7. The van der Waals surface area contributed by atoms with E-state index in [2.05, 4.69) is 17.4 Å². The molecule has 1 fully saturated rings. The number of ether oxygens (including phenoxy) is 3. The number of alkyl carbamates (subject to hydrolysis) is 1. The molecular weight excluding hydrogens is 452 g/mol. The van der Waals surface area contributed by atoms with Crippen LogP contribution in [0.3, 0.4) is 0 Å². The van der Waals surface area contributed by atoms with Crippen molar-refractivity contribution in [3.05, 3.63) is 59.7 Å². The SMILES string of the molecule is COCC1(C(=O)O)CCN(C(=O)C(CNC(=O)OCC2c3ccccc3-c3ccccc32)OC)C1. The lowest BCUT2D eigenvalue weighted by molar-refractivity contribution is -0.152. The molecule has 0 radical (unpaired) electrons.